The number of amides is 1. The first-order valence-electron chi connectivity index (χ1n) is 15.3. The fourth-order valence-electron chi connectivity index (χ4n) is 4.55. The highest BCUT2D eigenvalue weighted by Crippen LogP contribution is 2.32. The molecule has 1 fully saturated rings. The van der Waals surface area contributed by atoms with Gasteiger partial charge in [0.15, 0.2) is 5.88 Å². The van der Waals surface area contributed by atoms with Crippen LogP contribution in [0.1, 0.15) is 28.3 Å². The molecular weight excluding hydrogens is 506 g/mol. The molecule has 40 heavy (non-hydrogen) atoms. The highest BCUT2D eigenvalue weighted by atomic mass is 16.5. The molecule has 1 aliphatic rings. The van der Waals surface area contributed by atoms with Gasteiger partial charge in [0.1, 0.15) is 0 Å². The molecule has 0 atom stereocenters. The number of aromatic hydroxyl groups is 1. The number of hydrogen-bond donors (Lipinski definition) is 2. The van der Waals surface area contributed by atoms with Crippen molar-refractivity contribution in [3.8, 4) is 5.88 Å². The molecule has 0 aliphatic carbocycles. The zero-order valence-electron chi connectivity index (χ0n) is 27.2. The summed E-state index contributed by atoms with van der Waals surface area (Å²) in [6.07, 6.45) is 0. The summed E-state index contributed by atoms with van der Waals surface area (Å²) in [7, 11) is 3.18. The van der Waals surface area contributed by atoms with Gasteiger partial charge in [-0.15, -0.1) is 0 Å². The minimum absolute atomic E-state index is 0.0107. The molecule has 1 amide bonds. The number of nitrogens with one attached hydrogen (secondary N) is 1. The number of nitrogens with zero attached hydrogens (tertiary/aromatic N) is 4. The molecule has 1 aliphatic heterocycles. The van der Waals surface area contributed by atoms with Gasteiger partial charge >= 0.3 is 5.97 Å². The summed E-state index contributed by atoms with van der Waals surface area (Å²) in [5.41, 5.74) is 2.63. The summed E-state index contributed by atoms with van der Waals surface area (Å²) in [4.78, 5) is 37.1. The van der Waals surface area contributed by atoms with Crippen molar-refractivity contribution in [1.29, 1.82) is 0 Å². The lowest BCUT2D eigenvalue weighted by Crippen LogP contribution is -2.48. The molecule has 5 rings (SSSR count). The predicted octanol–water partition coefficient (Wildman–Crippen LogP) is 4.04. The van der Waals surface area contributed by atoms with Crippen molar-refractivity contribution >= 4 is 39.9 Å². The number of methoxy groups -OCH3 is 1. The van der Waals surface area contributed by atoms with Crippen LogP contribution in [0, 0.1) is 0 Å². The molecule has 4 aromatic rings. The molecule has 9 heteroatoms. The number of aromatic amines is 1. The Hall–Kier alpha value is -4.47. The number of rotatable bonds is 7. The average Bonchev–Trinajstić information content (AvgIpc) is 3.34. The van der Waals surface area contributed by atoms with Crippen molar-refractivity contribution in [2.75, 3.05) is 58.7 Å². The van der Waals surface area contributed by atoms with Crippen LogP contribution in [0.15, 0.2) is 77.8 Å². The zero-order chi connectivity index (χ0) is 32.5. The third-order valence-corrected chi connectivity index (χ3v) is 6.79. The third kappa shape index (κ3) is 5.75. The van der Waals surface area contributed by atoms with Gasteiger partial charge in [-0.25, -0.2) is 9.79 Å². The standard InChI is InChI=1S/C31H33N5O4/c1-34-15-17-36(18-16-34)20-27(37)35(2)24-12-10-23(11-13-24)32-29(21-7-5-4-6-8-21)28-25-14-9-22(31(39)40-3)19-26(25)33-30(28)38/h4-14,19,33,38H,15-18,20H2,1-3H3/i2D3,20D2. The predicted molar refractivity (Wildman–Crippen MR) is 157 cm³/mol. The van der Waals surface area contributed by atoms with Crippen LogP contribution < -0.4 is 4.90 Å². The van der Waals surface area contributed by atoms with E-state index in [1.165, 1.54) is 36.3 Å². The van der Waals surface area contributed by atoms with E-state index in [1.54, 1.807) is 18.2 Å². The van der Waals surface area contributed by atoms with Crippen molar-refractivity contribution in [3.63, 3.8) is 0 Å². The summed E-state index contributed by atoms with van der Waals surface area (Å²) >= 11 is 0. The number of esters is 1. The lowest BCUT2D eigenvalue weighted by Gasteiger charge is -2.32. The number of carbonyl (C=O) groups is 2. The molecular formula is C31H33N5O4. The van der Waals surface area contributed by atoms with Gasteiger partial charge in [-0.05, 0) is 43.4 Å². The Kier molecular flexibility index (Phi) is 6.26. The van der Waals surface area contributed by atoms with Gasteiger partial charge in [-0.2, -0.15) is 0 Å². The van der Waals surface area contributed by atoms with Gasteiger partial charge in [0.25, 0.3) is 0 Å². The number of fused-ring (bicyclic) bond motifs is 1. The zero-order valence-corrected chi connectivity index (χ0v) is 22.2. The molecule has 1 saturated heterocycles. The monoisotopic (exact) mass is 544 g/mol. The smallest absolute Gasteiger partial charge is 0.337 e. The fourth-order valence-corrected chi connectivity index (χ4v) is 4.55. The number of likely N-dealkylation sites (N-methyl/N-ethyl adjacent to an activating group) is 2. The second-order valence-corrected chi connectivity index (χ2v) is 9.49. The summed E-state index contributed by atoms with van der Waals surface area (Å²) in [5, 5.41) is 11.6. The van der Waals surface area contributed by atoms with Gasteiger partial charge in [0.2, 0.25) is 5.91 Å². The van der Waals surface area contributed by atoms with Crippen LogP contribution in [0.25, 0.3) is 10.9 Å². The molecule has 2 heterocycles. The van der Waals surface area contributed by atoms with Crippen molar-refractivity contribution < 1.29 is 26.3 Å². The van der Waals surface area contributed by atoms with Crippen molar-refractivity contribution in [1.82, 2.24) is 14.8 Å². The van der Waals surface area contributed by atoms with Crippen molar-refractivity contribution in [2.45, 2.75) is 0 Å². The van der Waals surface area contributed by atoms with Crippen LogP contribution in [0.5, 0.6) is 5.88 Å². The van der Waals surface area contributed by atoms with E-state index in [4.69, 9.17) is 16.6 Å². The number of hydrogen-bond acceptors (Lipinski definition) is 7. The van der Waals surface area contributed by atoms with E-state index < -0.39 is 25.3 Å². The Balaban J connectivity index is 1.53. The van der Waals surface area contributed by atoms with Crippen LogP contribution in [0.4, 0.5) is 11.4 Å². The maximum Gasteiger partial charge on any atom is 0.337 e. The third-order valence-electron chi connectivity index (χ3n) is 6.79. The summed E-state index contributed by atoms with van der Waals surface area (Å²) in [6.45, 7) is -3.82. The molecule has 1 aromatic heterocycles. The largest absolute Gasteiger partial charge is 0.494 e. The summed E-state index contributed by atoms with van der Waals surface area (Å²) < 4.78 is 46.1. The average molecular weight is 545 g/mol. The van der Waals surface area contributed by atoms with E-state index in [0.717, 1.165) is 0 Å². The molecule has 0 radical (unpaired) electrons. The van der Waals surface area contributed by atoms with Gasteiger partial charge in [-0.1, -0.05) is 36.4 Å². The Labute approximate surface area is 240 Å². The van der Waals surface area contributed by atoms with Crippen molar-refractivity contribution in [3.05, 3.63) is 89.5 Å². The molecule has 0 spiro atoms. The van der Waals surface area contributed by atoms with Crippen LogP contribution in [0.2, 0.25) is 0 Å². The number of H-pyrrole nitrogens is 1. The fraction of sp³-hybridized carbons (Fsp3) is 0.258. The molecule has 206 valence electrons. The summed E-state index contributed by atoms with van der Waals surface area (Å²) in [6, 6.07) is 19.8. The number of carbonyl (C=O) groups excluding carboxylic acids is 2. The Morgan fingerprint density at radius 1 is 1.05 bits per heavy atom. The van der Waals surface area contributed by atoms with Crippen LogP contribution in [0.3, 0.4) is 0 Å². The second kappa shape index (κ2) is 11.7. The normalized spacial score (nSPS) is 17.4. The number of aliphatic imine (C=N–C) groups is 1. The van der Waals surface area contributed by atoms with Crippen molar-refractivity contribution in [2.24, 2.45) is 4.99 Å². The first kappa shape index (κ1) is 21.4. The number of ether oxygens (including phenoxy) is 1. The molecule has 0 unspecified atom stereocenters. The quantitative estimate of drug-likeness (QED) is 0.269. The Morgan fingerprint density at radius 2 is 1.77 bits per heavy atom. The topological polar surface area (TPSA) is 101 Å². The first-order valence-corrected chi connectivity index (χ1v) is 12.8. The van der Waals surface area contributed by atoms with E-state index in [0.29, 0.717) is 57.0 Å². The van der Waals surface area contributed by atoms with E-state index >= 15 is 0 Å². The second-order valence-electron chi connectivity index (χ2n) is 9.49. The van der Waals surface area contributed by atoms with Crippen LogP contribution in [-0.2, 0) is 9.53 Å². The van der Waals surface area contributed by atoms with Gasteiger partial charge in [0, 0.05) is 59.4 Å². The van der Waals surface area contributed by atoms with E-state index in [1.807, 2.05) is 42.3 Å². The minimum Gasteiger partial charge on any atom is -0.494 e. The molecule has 3 aromatic carbocycles. The lowest BCUT2D eigenvalue weighted by atomic mass is 10.00. The van der Waals surface area contributed by atoms with E-state index in [2.05, 4.69) is 4.98 Å². The highest BCUT2D eigenvalue weighted by Gasteiger charge is 2.21. The number of benzene rings is 3. The number of piperazine rings is 1. The molecule has 0 saturated carbocycles. The lowest BCUT2D eigenvalue weighted by molar-refractivity contribution is -0.119. The Morgan fingerprint density at radius 3 is 2.45 bits per heavy atom. The molecule has 0 bridgehead atoms. The van der Waals surface area contributed by atoms with E-state index in [9.17, 15) is 14.7 Å². The SMILES string of the molecule is [2H]C([2H])([2H])N(C(=O)C([2H])([2H])N1CCN(C)CC1)c1ccc(N=C(c2ccccc2)c2c(O)[nH]c3cc(C(=O)OC)ccc23)cc1. The van der Waals surface area contributed by atoms with Crippen LogP contribution >= 0.6 is 0 Å². The minimum atomic E-state index is -2.95. The van der Waals surface area contributed by atoms with E-state index in [-0.39, 0.29) is 24.7 Å². The van der Waals surface area contributed by atoms with Crippen LogP contribution in [-0.4, -0.2) is 91.3 Å². The maximum absolute atomic E-state index is 13.5. The first-order chi connectivity index (χ1) is 21.3. The highest BCUT2D eigenvalue weighted by molar-refractivity contribution is 6.22. The van der Waals surface area contributed by atoms with Gasteiger partial charge < -0.3 is 24.6 Å². The van der Waals surface area contributed by atoms with Gasteiger partial charge in [-0.3, -0.25) is 9.69 Å². The maximum atomic E-state index is 13.5. The number of aromatic nitrogens is 1. The van der Waals surface area contributed by atoms with Gasteiger partial charge in [0.05, 0.1) is 38.9 Å². The molecule has 9 nitrogen and oxygen atoms in total. The summed E-state index contributed by atoms with van der Waals surface area (Å²) in [5.74, 6) is -1.87. The Bertz CT molecular complexity index is 1730. The number of anilines is 1. The molecule has 2 N–H and O–H groups in total.